The van der Waals surface area contributed by atoms with Gasteiger partial charge >= 0.3 is 0 Å². The van der Waals surface area contributed by atoms with Crippen LogP contribution in [0.15, 0.2) is 72.8 Å². The summed E-state index contributed by atoms with van der Waals surface area (Å²) in [6.45, 7) is 0.945. The van der Waals surface area contributed by atoms with Crippen molar-refractivity contribution in [3.63, 3.8) is 0 Å². The second-order valence-electron chi connectivity index (χ2n) is 9.11. The molecule has 0 saturated heterocycles. The van der Waals surface area contributed by atoms with Gasteiger partial charge in [0.1, 0.15) is 12.0 Å². The van der Waals surface area contributed by atoms with Crippen molar-refractivity contribution in [3.05, 3.63) is 94.5 Å². The molecule has 0 aliphatic heterocycles. The summed E-state index contributed by atoms with van der Waals surface area (Å²) in [5.74, 6) is -6.49. The molecule has 0 radical (unpaired) electrons. The maximum absolute atomic E-state index is 14.9. The van der Waals surface area contributed by atoms with Crippen LogP contribution in [0, 0.1) is 0 Å². The van der Waals surface area contributed by atoms with Gasteiger partial charge < -0.3 is 15.3 Å². The first-order valence-corrected chi connectivity index (χ1v) is 12.1. The molecule has 2 amide bonds. The van der Waals surface area contributed by atoms with E-state index in [0.29, 0.717) is 16.6 Å². The first kappa shape index (κ1) is 25.8. The summed E-state index contributed by atoms with van der Waals surface area (Å²) in [6, 6.07) is 19.3. The average Bonchev–Trinajstić information content (AvgIpc) is 3.69. The predicted molar refractivity (Wildman–Crippen MR) is 137 cm³/mol. The number of rotatable bonds is 8. The fourth-order valence-electron chi connectivity index (χ4n) is 4.15. The molecule has 36 heavy (non-hydrogen) atoms. The smallest absolute Gasteiger partial charge is 0.288 e. The zero-order valence-electron chi connectivity index (χ0n) is 19.9. The van der Waals surface area contributed by atoms with Crippen LogP contribution < -0.4 is 10.2 Å². The third kappa shape index (κ3) is 5.42. The van der Waals surface area contributed by atoms with Crippen molar-refractivity contribution in [3.8, 4) is 0 Å². The topological polar surface area (TPSA) is 69.6 Å². The number of carbonyl (C=O) groups is 2. The van der Waals surface area contributed by atoms with Crippen molar-refractivity contribution in [2.24, 2.45) is 0 Å². The number of aliphatic hydroxyl groups excluding tert-OH is 1. The van der Waals surface area contributed by atoms with E-state index in [1.807, 2.05) is 18.2 Å². The van der Waals surface area contributed by atoms with Crippen molar-refractivity contribution in [1.29, 1.82) is 0 Å². The fourth-order valence-corrected chi connectivity index (χ4v) is 4.46. The van der Waals surface area contributed by atoms with Crippen LogP contribution in [0.4, 0.5) is 20.2 Å². The van der Waals surface area contributed by atoms with Gasteiger partial charge in [-0.15, -0.1) is 0 Å². The molecule has 8 heteroatoms. The first-order valence-electron chi connectivity index (χ1n) is 11.7. The van der Waals surface area contributed by atoms with Crippen LogP contribution in [-0.2, 0) is 4.79 Å². The third-order valence-electron chi connectivity index (χ3n) is 6.40. The molecule has 0 bridgehead atoms. The van der Waals surface area contributed by atoms with Crippen molar-refractivity contribution in [2.75, 3.05) is 17.3 Å². The number of amides is 2. The summed E-state index contributed by atoms with van der Waals surface area (Å²) in [5, 5.41) is 12.6. The van der Waals surface area contributed by atoms with Crippen LogP contribution in [0.3, 0.4) is 0 Å². The van der Waals surface area contributed by atoms with E-state index in [1.165, 1.54) is 29.2 Å². The molecule has 2 unspecified atom stereocenters. The second kappa shape index (κ2) is 10.4. The van der Waals surface area contributed by atoms with Crippen LogP contribution in [0.2, 0.25) is 5.02 Å². The number of carbonyl (C=O) groups excluding carboxylic acids is 2. The quantitative estimate of drug-likeness (QED) is 0.376. The minimum Gasteiger partial charge on any atom is -0.387 e. The molecule has 0 aromatic heterocycles. The van der Waals surface area contributed by atoms with Crippen LogP contribution in [0.1, 0.15) is 53.1 Å². The van der Waals surface area contributed by atoms with Crippen molar-refractivity contribution in [1.82, 2.24) is 0 Å². The largest absolute Gasteiger partial charge is 0.387 e. The van der Waals surface area contributed by atoms with E-state index in [9.17, 15) is 23.5 Å². The van der Waals surface area contributed by atoms with Gasteiger partial charge in [-0.05, 0) is 67.1 Å². The predicted octanol–water partition coefficient (Wildman–Crippen LogP) is 6.23. The molecule has 1 aliphatic carbocycles. The minimum atomic E-state index is -3.72. The van der Waals surface area contributed by atoms with Crippen LogP contribution in [0.25, 0.3) is 0 Å². The van der Waals surface area contributed by atoms with Crippen LogP contribution in [0.5, 0.6) is 0 Å². The van der Waals surface area contributed by atoms with Crippen molar-refractivity contribution in [2.45, 2.75) is 43.6 Å². The lowest BCUT2D eigenvalue weighted by atomic mass is 9.88. The van der Waals surface area contributed by atoms with Gasteiger partial charge in [-0.2, -0.15) is 0 Å². The van der Waals surface area contributed by atoms with E-state index in [1.54, 1.807) is 37.4 Å². The monoisotopic (exact) mass is 512 g/mol. The molecule has 188 valence electrons. The lowest BCUT2D eigenvalue weighted by molar-refractivity contribution is -0.144. The Hall–Kier alpha value is -3.29. The number of nitrogens with one attached hydrogen (secondary N) is 1. The zero-order chi connectivity index (χ0) is 26.0. The van der Waals surface area contributed by atoms with Crippen molar-refractivity contribution < 1.29 is 23.5 Å². The number of halogens is 3. The lowest BCUT2D eigenvalue weighted by Crippen LogP contribution is -2.43. The van der Waals surface area contributed by atoms with E-state index in [2.05, 4.69) is 5.32 Å². The molecule has 3 aromatic carbocycles. The maximum atomic E-state index is 14.9. The Morgan fingerprint density at radius 1 is 1.06 bits per heavy atom. The second-order valence-corrected chi connectivity index (χ2v) is 9.52. The number of benzene rings is 3. The van der Waals surface area contributed by atoms with E-state index in [0.717, 1.165) is 25.3 Å². The van der Waals surface area contributed by atoms with Gasteiger partial charge in [0.05, 0.1) is 10.7 Å². The number of anilines is 2. The highest BCUT2D eigenvalue weighted by atomic mass is 35.5. The standard InChI is InChI=1S/C28H27ClF2N2O3/c1-17(34)28(30,31)25(19-7-4-3-5-8-19)26(35)32-22-10-6-9-21(15-22)27(36)33(2)24-14-13-20(16-23(24)29)18-11-12-18/h3-10,13-18,25,34H,11-12H2,1-2H3,(H,32,35). The highest BCUT2D eigenvalue weighted by Gasteiger charge is 2.49. The number of aliphatic hydroxyl groups is 1. The van der Waals surface area contributed by atoms with Gasteiger partial charge in [-0.25, -0.2) is 8.78 Å². The Kier molecular flexibility index (Phi) is 7.43. The minimum absolute atomic E-state index is 0.0668. The molecule has 1 aliphatic rings. The Morgan fingerprint density at radius 2 is 1.75 bits per heavy atom. The molecule has 5 nitrogen and oxygen atoms in total. The summed E-state index contributed by atoms with van der Waals surface area (Å²) >= 11 is 6.45. The van der Waals surface area contributed by atoms with Gasteiger partial charge in [0.25, 0.3) is 11.8 Å². The van der Waals surface area contributed by atoms with E-state index >= 15 is 0 Å². The molecule has 2 atom stereocenters. The van der Waals surface area contributed by atoms with Gasteiger partial charge in [0, 0.05) is 18.3 Å². The maximum Gasteiger partial charge on any atom is 0.288 e. The van der Waals surface area contributed by atoms with Gasteiger partial charge in [-0.1, -0.05) is 54.1 Å². The summed E-state index contributed by atoms with van der Waals surface area (Å²) < 4.78 is 29.8. The number of hydrogen-bond acceptors (Lipinski definition) is 3. The van der Waals surface area contributed by atoms with Crippen molar-refractivity contribution >= 4 is 34.8 Å². The van der Waals surface area contributed by atoms with Crippen LogP contribution >= 0.6 is 11.6 Å². The molecule has 0 spiro atoms. The molecule has 3 aromatic rings. The summed E-state index contributed by atoms with van der Waals surface area (Å²) in [6.07, 6.45) is 0.222. The molecule has 1 saturated carbocycles. The highest BCUT2D eigenvalue weighted by Crippen LogP contribution is 2.42. The normalized spacial score (nSPS) is 15.2. The first-order chi connectivity index (χ1) is 17.1. The van der Waals surface area contributed by atoms with E-state index < -0.39 is 23.9 Å². The Morgan fingerprint density at radius 3 is 2.36 bits per heavy atom. The summed E-state index contributed by atoms with van der Waals surface area (Å²) in [5.41, 5.74) is 2.18. The van der Waals surface area contributed by atoms with E-state index in [4.69, 9.17) is 11.6 Å². The van der Waals surface area contributed by atoms with Gasteiger partial charge in [0.2, 0.25) is 5.91 Å². The van der Waals surface area contributed by atoms with E-state index in [-0.39, 0.29) is 22.7 Å². The third-order valence-corrected chi connectivity index (χ3v) is 6.70. The highest BCUT2D eigenvalue weighted by molar-refractivity contribution is 6.34. The summed E-state index contributed by atoms with van der Waals surface area (Å²) in [4.78, 5) is 27.6. The lowest BCUT2D eigenvalue weighted by Gasteiger charge is -2.28. The zero-order valence-corrected chi connectivity index (χ0v) is 20.7. The number of nitrogens with zero attached hydrogens (tertiary/aromatic N) is 1. The molecule has 1 fully saturated rings. The van der Waals surface area contributed by atoms with Gasteiger partial charge in [0.15, 0.2) is 0 Å². The van der Waals surface area contributed by atoms with Gasteiger partial charge in [-0.3, -0.25) is 9.59 Å². The molecule has 2 N–H and O–H groups in total. The Bertz CT molecular complexity index is 1260. The molecular formula is C28H27ClF2N2O3. The average molecular weight is 513 g/mol. The number of hydrogen-bond donors (Lipinski definition) is 2. The number of alkyl halides is 2. The molecular weight excluding hydrogens is 486 g/mol. The molecule has 0 heterocycles. The summed E-state index contributed by atoms with van der Waals surface area (Å²) in [7, 11) is 1.60. The Balaban J connectivity index is 1.55. The Labute approximate surface area is 213 Å². The van der Waals surface area contributed by atoms with Crippen LogP contribution in [-0.4, -0.2) is 36.0 Å². The fraction of sp³-hybridized carbons (Fsp3) is 0.286. The molecule has 4 rings (SSSR count). The SMILES string of the molecule is CC(O)C(F)(F)C(C(=O)Nc1cccc(C(=O)N(C)c2ccc(C3CC3)cc2Cl)c1)c1ccccc1.